The second-order valence-electron chi connectivity index (χ2n) is 3.06. The average Bonchev–Trinajstić information content (AvgIpc) is 2.85. The van der Waals surface area contributed by atoms with Crippen molar-refractivity contribution in [2.75, 3.05) is 11.9 Å². The summed E-state index contributed by atoms with van der Waals surface area (Å²) in [4.78, 5) is 4.25. The normalized spacial score (nSPS) is 12.7. The molecule has 0 radical (unpaired) electrons. The average molecular weight is 261 g/mol. The summed E-state index contributed by atoms with van der Waals surface area (Å²) in [5.74, 6) is 1.01. The van der Waals surface area contributed by atoms with E-state index in [-0.39, 0.29) is 0 Å². The van der Waals surface area contributed by atoms with Crippen molar-refractivity contribution >= 4 is 40.5 Å². The Kier molecular flexibility index (Phi) is 3.50. The fourth-order valence-corrected chi connectivity index (χ4v) is 2.48. The van der Waals surface area contributed by atoms with Crippen LogP contribution in [0.5, 0.6) is 0 Å². The van der Waals surface area contributed by atoms with Crippen molar-refractivity contribution in [2.45, 2.75) is 12.8 Å². The summed E-state index contributed by atoms with van der Waals surface area (Å²) >= 11 is 8.57. The van der Waals surface area contributed by atoms with Crippen LogP contribution in [0.25, 0.3) is 0 Å². The lowest BCUT2D eigenvalue weighted by molar-refractivity contribution is 0.793. The van der Waals surface area contributed by atoms with Crippen molar-refractivity contribution in [2.24, 2.45) is 0 Å². The Labute approximate surface area is 101 Å². The first kappa shape index (κ1) is 10.8. The molecule has 1 atom stereocenters. The highest BCUT2D eigenvalue weighted by atomic mass is 35.5. The molecule has 4 nitrogen and oxygen atoms in total. The predicted octanol–water partition coefficient (Wildman–Crippen LogP) is 2.86. The van der Waals surface area contributed by atoms with E-state index in [1.165, 1.54) is 0 Å². The van der Waals surface area contributed by atoms with Gasteiger partial charge in [-0.2, -0.15) is 8.75 Å². The van der Waals surface area contributed by atoms with Gasteiger partial charge in [-0.05, 0) is 0 Å². The lowest BCUT2D eigenvalue weighted by atomic mass is 10.2. The summed E-state index contributed by atoms with van der Waals surface area (Å²) in [5.41, 5.74) is 0. The van der Waals surface area contributed by atoms with Crippen LogP contribution in [-0.4, -0.2) is 20.3 Å². The van der Waals surface area contributed by atoms with Crippen LogP contribution in [0.15, 0.2) is 11.6 Å². The smallest absolute Gasteiger partial charge is 0.186 e. The fraction of sp³-hybridized carbons (Fsp3) is 0.375. The molecule has 0 aliphatic carbocycles. The first-order chi connectivity index (χ1) is 7.27. The number of thiazole rings is 1. The maximum Gasteiger partial charge on any atom is 0.186 e. The Morgan fingerprint density at radius 3 is 3.00 bits per heavy atom. The van der Waals surface area contributed by atoms with E-state index in [0.29, 0.717) is 16.9 Å². The molecule has 1 unspecified atom stereocenters. The van der Waals surface area contributed by atoms with Crippen molar-refractivity contribution in [3.05, 3.63) is 21.7 Å². The third kappa shape index (κ3) is 2.64. The van der Waals surface area contributed by atoms with Crippen LogP contribution in [0.1, 0.15) is 17.8 Å². The van der Waals surface area contributed by atoms with Gasteiger partial charge in [0, 0.05) is 24.0 Å². The van der Waals surface area contributed by atoms with Crippen molar-refractivity contribution < 1.29 is 0 Å². The number of aromatic nitrogens is 3. The van der Waals surface area contributed by atoms with E-state index in [1.54, 1.807) is 11.3 Å². The number of nitrogens with one attached hydrogen (secondary N) is 1. The minimum atomic E-state index is 0.350. The molecule has 2 aromatic rings. The van der Waals surface area contributed by atoms with Gasteiger partial charge in [-0.3, -0.25) is 0 Å². The molecule has 80 valence electrons. The van der Waals surface area contributed by atoms with Gasteiger partial charge < -0.3 is 5.32 Å². The summed E-state index contributed by atoms with van der Waals surface area (Å²) in [5, 5.41) is 6.68. The summed E-state index contributed by atoms with van der Waals surface area (Å²) in [6.07, 6.45) is 1.81. The van der Waals surface area contributed by atoms with E-state index in [0.717, 1.165) is 23.3 Å². The van der Waals surface area contributed by atoms with E-state index < -0.39 is 0 Å². The van der Waals surface area contributed by atoms with Gasteiger partial charge in [-0.25, -0.2) is 4.98 Å². The van der Waals surface area contributed by atoms with Gasteiger partial charge in [0.25, 0.3) is 0 Å². The standard InChI is InChI=1S/C8H9ClN4S2/c1-5(8-10-2-3-14-8)4-11-7-6(9)12-15-13-7/h2-3,5H,4H2,1H3,(H,11,13). The second kappa shape index (κ2) is 4.87. The number of rotatable bonds is 4. The van der Waals surface area contributed by atoms with Crippen LogP contribution in [0.2, 0.25) is 5.15 Å². The molecule has 7 heteroatoms. The summed E-state index contributed by atoms with van der Waals surface area (Å²) in [7, 11) is 0. The zero-order valence-corrected chi connectivity index (χ0v) is 10.4. The Balaban J connectivity index is 1.91. The van der Waals surface area contributed by atoms with E-state index in [4.69, 9.17) is 11.6 Å². The topological polar surface area (TPSA) is 50.7 Å². The fourth-order valence-electron chi connectivity index (χ4n) is 1.10. The third-order valence-corrected chi connectivity index (χ3v) is 3.80. The molecule has 0 saturated heterocycles. The van der Waals surface area contributed by atoms with Gasteiger partial charge in [0.2, 0.25) is 0 Å². The molecular formula is C8H9ClN4S2. The van der Waals surface area contributed by atoms with Crippen LogP contribution >= 0.6 is 34.7 Å². The van der Waals surface area contributed by atoms with Gasteiger partial charge in [-0.15, -0.1) is 11.3 Å². The number of anilines is 1. The Morgan fingerprint density at radius 2 is 2.40 bits per heavy atom. The van der Waals surface area contributed by atoms with Crippen LogP contribution < -0.4 is 5.32 Å². The van der Waals surface area contributed by atoms with Crippen molar-refractivity contribution in [1.82, 2.24) is 13.7 Å². The molecule has 0 spiro atoms. The Hall–Kier alpha value is -0.720. The highest BCUT2D eigenvalue weighted by Crippen LogP contribution is 2.21. The van der Waals surface area contributed by atoms with Gasteiger partial charge in [0.1, 0.15) is 0 Å². The molecule has 0 amide bonds. The van der Waals surface area contributed by atoms with E-state index in [2.05, 4.69) is 26.0 Å². The maximum atomic E-state index is 5.81. The molecule has 2 rings (SSSR count). The minimum Gasteiger partial charge on any atom is -0.366 e. The highest BCUT2D eigenvalue weighted by molar-refractivity contribution is 7.09. The summed E-state index contributed by atoms with van der Waals surface area (Å²) < 4.78 is 7.92. The number of halogens is 1. The van der Waals surface area contributed by atoms with E-state index >= 15 is 0 Å². The summed E-state index contributed by atoms with van der Waals surface area (Å²) in [6.45, 7) is 2.87. The monoisotopic (exact) mass is 260 g/mol. The Morgan fingerprint density at radius 1 is 1.53 bits per heavy atom. The quantitative estimate of drug-likeness (QED) is 0.918. The maximum absolute atomic E-state index is 5.81. The van der Waals surface area contributed by atoms with Crippen LogP contribution in [0, 0.1) is 0 Å². The zero-order valence-electron chi connectivity index (χ0n) is 7.98. The van der Waals surface area contributed by atoms with Crippen molar-refractivity contribution in [3.8, 4) is 0 Å². The van der Waals surface area contributed by atoms with Crippen LogP contribution in [-0.2, 0) is 0 Å². The molecule has 0 aliphatic heterocycles. The van der Waals surface area contributed by atoms with E-state index in [1.807, 2.05) is 11.6 Å². The molecule has 15 heavy (non-hydrogen) atoms. The van der Waals surface area contributed by atoms with Crippen LogP contribution in [0.4, 0.5) is 5.82 Å². The van der Waals surface area contributed by atoms with E-state index in [9.17, 15) is 0 Å². The molecule has 0 fully saturated rings. The zero-order chi connectivity index (χ0) is 10.7. The van der Waals surface area contributed by atoms with Gasteiger partial charge in [-0.1, -0.05) is 18.5 Å². The molecule has 2 aromatic heterocycles. The van der Waals surface area contributed by atoms with Gasteiger partial charge in [0.05, 0.1) is 16.7 Å². The molecule has 2 heterocycles. The summed E-state index contributed by atoms with van der Waals surface area (Å²) in [6, 6.07) is 0. The van der Waals surface area contributed by atoms with Gasteiger partial charge in [0.15, 0.2) is 11.0 Å². The van der Waals surface area contributed by atoms with Crippen molar-refractivity contribution in [3.63, 3.8) is 0 Å². The molecule has 0 saturated carbocycles. The van der Waals surface area contributed by atoms with Crippen molar-refractivity contribution in [1.29, 1.82) is 0 Å². The first-order valence-corrected chi connectivity index (χ1v) is 6.37. The largest absolute Gasteiger partial charge is 0.366 e. The molecular weight excluding hydrogens is 252 g/mol. The molecule has 1 N–H and O–H groups in total. The number of nitrogens with zero attached hydrogens (tertiary/aromatic N) is 3. The second-order valence-corrected chi connectivity index (χ2v) is 4.87. The highest BCUT2D eigenvalue weighted by Gasteiger charge is 2.10. The Bertz CT molecular complexity index is 414. The predicted molar refractivity (Wildman–Crippen MR) is 63.9 cm³/mol. The van der Waals surface area contributed by atoms with Gasteiger partial charge >= 0.3 is 0 Å². The lowest BCUT2D eigenvalue weighted by Gasteiger charge is -2.08. The molecule has 0 aromatic carbocycles. The minimum absolute atomic E-state index is 0.350. The lowest BCUT2D eigenvalue weighted by Crippen LogP contribution is -2.09. The number of hydrogen-bond donors (Lipinski definition) is 1. The van der Waals surface area contributed by atoms with Crippen LogP contribution in [0.3, 0.4) is 0 Å². The molecule has 0 aliphatic rings. The molecule has 0 bridgehead atoms. The third-order valence-electron chi connectivity index (χ3n) is 1.90. The number of hydrogen-bond acceptors (Lipinski definition) is 6. The first-order valence-electron chi connectivity index (χ1n) is 4.38. The SMILES string of the molecule is CC(CNc1nsnc1Cl)c1nccs1.